The van der Waals surface area contributed by atoms with E-state index in [1.54, 1.807) is 36.4 Å². The van der Waals surface area contributed by atoms with Crippen LogP contribution in [0.15, 0.2) is 72.1 Å². The highest BCUT2D eigenvalue weighted by atomic mass is 32.1. The number of carboxylic acids is 1. The number of carbonyl (C=O) groups is 2. The van der Waals surface area contributed by atoms with Gasteiger partial charge in [0.15, 0.2) is 11.7 Å². The second-order valence-electron chi connectivity index (χ2n) is 9.48. The molecule has 0 aliphatic heterocycles. The quantitative estimate of drug-likeness (QED) is 0.183. The van der Waals surface area contributed by atoms with Crippen LogP contribution in [0.4, 0.5) is 42.8 Å². The molecule has 0 spiro atoms. The summed E-state index contributed by atoms with van der Waals surface area (Å²) in [5.41, 5.74) is -1.76. The van der Waals surface area contributed by atoms with E-state index in [1.807, 2.05) is 24.1 Å². The number of carboxylic acid groups (broad SMARTS) is 1. The minimum atomic E-state index is -5.07. The van der Waals surface area contributed by atoms with E-state index in [2.05, 4.69) is 5.32 Å². The van der Waals surface area contributed by atoms with Gasteiger partial charge in [0.25, 0.3) is 5.91 Å². The monoisotopic (exact) mass is 623 g/mol. The highest BCUT2D eigenvalue weighted by Gasteiger charge is 2.37. The smallest absolute Gasteiger partial charge is 0.416 e. The van der Waals surface area contributed by atoms with Gasteiger partial charge in [0, 0.05) is 33.9 Å². The van der Waals surface area contributed by atoms with Gasteiger partial charge >= 0.3 is 18.3 Å². The molecule has 0 aliphatic carbocycles. The highest BCUT2D eigenvalue weighted by Crippen LogP contribution is 2.37. The molecule has 4 rings (SSSR count). The lowest BCUT2D eigenvalue weighted by atomic mass is 10.0. The predicted octanol–water partition coefficient (Wildman–Crippen LogP) is 8.11. The van der Waals surface area contributed by atoms with Gasteiger partial charge in [-0.2, -0.15) is 26.3 Å². The van der Waals surface area contributed by atoms with Crippen molar-refractivity contribution in [1.29, 1.82) is 0 Å². The number of benzene rings is 3. The number of alkyl halides is 6. The van der Waals surface area contributed by atoms with Crippen LogP contribution >= 0.6 is 11.3 Å². The van der Waals surface area contributed by atoms with Crippen LogP contribution in [0.5, 0.6) is 5.75 Å². The summed E-state index contributed by atoms with van der Waals surface area (Å²) >= 11 is 1.37. The minimum Gasteiger partial charge on any atom is -0.482 e. The lowest BCUT2D eigenvalue weighted by Crippen LogP contribution is -2.25. The summed E-state index contributed by atoms with van der Waals surface area (Å²) in [7, 11) is 0. The molecule has 0 aliphatic rings. The third kappa shape index (κ3) is 7.83. The second kappa shape index (κ2) is 12.3. The normalized spacial score (nSPS) is 11.8. The first-order chi connectivity index (χ1) is 20.1. The van der Waals surface area contributed by atoms with Crippen molar-refractivity contribution in [1.82, 2.24) is 4.98 Å². The number of ether oxygens (including phenoxy) is 1. The highest BCUT2D eigenvalue weighted by molar-refractivity contribution is 7.14. The summed E-state index contributed by atoms with van der Waals surface area (Å²) in [6, 6.07) is 13.7. The fourth-order valence-corrected chi connectivity index (χ4v) is 4.99. The van der Waals surface area contributed by atoms with E-state index in [-0.39, 0.29) is 17.8 Å². The van der Waals surface area contributed by atoms with E-state index in [0.29, 0.717) is 34.3 Å². The Labute approximate surface area is 245 Å². The number of halogens is 6. The maximum atomic E-state index is 13.2. The Morgan fingerprint density at radius 1 is 0.930 bits per heavy atom. The summed E-state index contributed by atoms with van der Waals surface area (Å²) in [4.78, 5) is 30.0. The molecule has 4 aromatic rings. The molecule has 1 aromatic heterocycles. The zero-order chi connectivity index (χ0) is 31.5. The molecule has 0 fully saturated rings. The Morgan fingerprint density at radius 2 is 1.51 bits per heavy atom. The van der Waals surface area contributed by atoms with E-state index in [9.17, 15) is 35.9 Å². The van der Waals surface area contributed by atoms with Crippen LogP contribution in [-0.4, -0.2) is 34.6 Å². The molecular weight excluding hydrogens is 600 g/mol. The summed E-state index contributed by atoms with van der Waals surface area (Å²) in [6.45, 7) is 3.47. The molecule has 0 bridgehead atoms. The number of rotatable bonds is 9. The molecule has 1 amide bonds. The molecule has 43 heavy (non-hydrogen) atoms. The zero-order valence-corrected chi connectivity index (χ0v) is 23.3. The van der Waals surface area contributed by atoms with Gasteiger partial charge in [0.2, 0.25) is 0 Å². The van der Waals surface area contributed by atoms with Gasteiger partial charge < -0.3 is 20.1 Å². The number of nitrogens with zero attached hydrogens (tertiary/aromatic N) is 2. The first kappa shape index (κ1) is 31.3. The third-order valence-corrected chi connectivity index (χ3v) is 6.82. The topological polar surface area (TPSA) is 91.8 Å². The van der Waals surface area contributed by atoms with Gasteiger partial charge in [-0.05, 0) is 68.4 Å². The molecule has 0 radical (unpaired) electrons. The average molecular weight is 624 g/mol. The summed E-state index contributed by atoms with van der Waals surface area (Å²) in [5, 5.41) is 13.6. The maximum Gasteiger partial charge on any atom is 0.416 e. The van der Waals surface area contributed by atoms with Crippen molar-refractivity contribution < 1.29 is 45.8 Å². The van der Waals surface area contributed by atoms with E-state index >= 15 is 0 Å². The second-order valence-corrected chi connectivity index (χ2v) is 10.3. The number of aliphatic carboxylic acids is 1. The van der Waals surface area contributed by atoms with E-state index in [4.69, 9.17) is 14.8 Å². The first-order valence-corrected chi connectivity index (χ1v) is 13.4. The van der Waals surface area contributed by atoms with Crippen molar-refractivity contribution >= 4 is 39.7 Å². The van der Waals surface area contributed by atoms with Crippen LogP contribution in [0.25, 0.3) is 11.3 Å². The van der Waals surface area contributed by atoms with Crippen LogP contribution in [-0.2, 0) is 17.1 Å². The molecule has 14 heteroatoms. The van der Waals surface area contributed by atoms with Gasteiger partial charge in [0.05, 0.1) is 16.8 Å². The first-order valence-electron chi connectivity index (χ1n) is 12.5. The molecular formula is C29H23F6N3O4S. The number of thiazole rings is 1. The number of carbonyl (C=O) groups excluding carboxylic acids is 1. The fraction of sp³-hybridized carbons (Fsp3) is 0.207. The van der Waals surface area contributed by atoms with Crippen molar-refractivity contribution in [2.24, 2.45) is 0 Å². The number of amides is 1. The standard InChI is InChI=1S/C29H23F6N3O4S/c1-16(2)38(22-7-9-23(10-8-22)42-14-25(39)40)27-37-24(15-43-27)17-3-5-21(6-4-17)36-26(41)18-11-19(28(30,31)32)13-20(12-18)29(33,34)35/h3-13,15-16H,14H2,1-2H3,(H,36,41)(H,39,40). The van der Waals surface area contributed by atoms with Crippen molar-refractivity contribution in [2.45, 2.75) is 32.2 Å². The van der Waals surface area contributed by atoms with Crippen LogP contribution in [0, 0.1) is 0 Å². The van der Waals surface area contributed by atoms with E-state index in [1.165, 1.54) is 23.5 Å². The van der Waals surface area contributed by atoms with Gasteiger partial charge in [-0.15, -0.1) is 11.3 Å². The number of nitrogens with one attached hydrogen (secondary N) is 1. The Kier molecular flexibility index (Phi) is 8.99. The number of hydrogen-bond acceptors (Lipinski definition) is 6. The lowest BCUT2D eigenvalue weighted by Gasteiger charge is -2.26. The van der Waals surface area contributed by atoms with Crippen molar-refractivity contribution in [3.05, 3.63) is 88.8 Å². The van der Waals surface area contributed by atoms with Gasteiger partial charge in [-0.1, -0.05) is 12.1 Å². The Bertz CT molecular complexity index is 1570. The van der Waals surface area contributed by atoms with Gasteiger partial charge in [-0.25, -0.2) is 9.78 Å². The van der Waals surface area contributed by atoms with Crippen LogP contribution in [0.1, 0.15) is 35.3 Å². The molecule has 2 N–H and O–H groups in total. The van der Waals surface area contributed by atoms with Crippen LogP contribution < -0.4 is 15.0 Å². The largest absolute Gasteiger partial charge is 0.482 e. The minimum absolute atomic E-state index is 0.00362. The zero-order valence-electron chi connectivity index (χ0n) is 22.5. The molecule has 7 nitrogen and oxygen atoms in total. The number of hydrogen-bond donors (Lipinski definition) is 2. The van der Waals surface area contributed by atoms with Crippen LogP contribution in [0.3, 0.4) is 0 Å². The van der Waals surface area contributed by atoms with Gasteiger partial charge in [0.1, 0.15) is 5.75 Å². The fourth-order valence-electron chi connectivity index (χ4n) is 4.00. The molecule has 226 valence electrons. The van der Waals surface area contributed by atoms with E-state index in [0.717, 1.165) is 5.69 Å². The molecule has 0 saturated heterocycles. The molecule has 0 atom stereocenters. The Hall–Kier alpha value is -4.59. The van der Waals surface area contributed by atoms with Gasteiger partial charge in [-0.3, -0.25) is 4.79 Å². The Balaban J connectivity index is 1.51. The summed E-state index contributed by atoms with van der Waals surface area (Å²) in [5.74, 6) is -1.82. The summed E-state index contributed by atoms with van der Waals surface area (Å²) in [6.07, 6.45) is -10.1. The van der Waals surface area contributed by atoms with Crippen molar-refractivity contribution in [3.8, 4) is 17.0 Å². The number of anilines is 3. The molecule has 0 unspecified atom stereocenters. The maximum absolute atomic E-state index is 13.2. The summed E-state index contributed by atoms with van der Waals surface area (Å²) < 4.78 is 84.2. The van der Waals surface area contributed by atoms with Crippen LogP contribution in [0.2, 0.25) is 0 Å². The SMILES string of the molecule is CC(C)N(c1ccc(OCC(=O)O)cc1)c1nc(-c2ccc(NC(=O)c3cc(C(F)(F)F)cc(C(F)(F)F)c3)cc2)cs1. The third-order valence-electron chi connectivity index (χ3n) is 5.98. The lowest BCUT2D eigenvalue weighted by molar-refractivity contribution is -0.143. The average Bonchev–Trinajstić information content (AvgIpc) is 3.41. The number of aromatic nitrogens is 1. The Morgan fingerprint density at radius 3 is 2.02 bits per heavy atom. The van der Waals surface area contributed by atoms with E-state index < -0.39 is 47.5 Å². The predicted molar refractivity (Wildman–Crippen MR) is 149 cm³/mol. The molecule has 3 aromatic carbocycles. The molecule has 0 saturated carbocycles. The molecule has 1 heterocycles. The van der Waals surface area contributed by atoms with Crippen molar-refractivity contribution in [2.75, 3.05) is 16.8 Å². The van der Waals surface area contributed by atoms with Crippen molar-refractivity contribution in [3.63, 3.8) is 0 Å².